The van der Waals surface area contributed by atoms with Crippen molar-refractivity contribution in [1.82, 2.24) is 0 Å². The predicted molar refractivity (Wildman–Crippen MR) is 72.9 cm³/mol. The molecule has 0 heterocycles. The number of sulfone groups is 1. The Morgan fingerprint density at radius 2 is 1.89 bits per heavy atom. The van der Waals surface area contributed by atoms with Gasteiger partial charge in [-0.3, -0.25) is 0 Å². The maximum Gasteiger partial charge on any atom is 0.182 e. The first-order chi connectivity index (χ1) is 8.88. The average Bonchev–Trinajstić information content (AvgIpc) is 2.33. The minimum absolute atomic E-state index is 0.219. The van der Waals surface area contributed by atoms with Crippen LogP contribution >= 0.6 is 0 Å². The minimum atomic E-state index is -3.52. The molecule has 2 aromatic rings. The zero-order valence-corrected chi connectivity index (χ0v) is 11.2. The van der Waals surface area contributed by atoms with Crippen molar-refractivity contribution in [1.29, 1.82) is 0 Å². The third kappa shape index (κ3) is 3.12. The summed E-state index contributed by atoms with van der Waals surface area (Å²) in [5, 5.41) is 0. The number of benzene rings is 2. The van der Waals surface area contributed by atoms with Gasteiger partial charge >= 0.3 is 0 Å². The molecular weight excluding hydrogens is 265 g/mol. The van der Waals surface area contributed by atoms with Gasteiger partial charge in [0.2, 0.25) is 0 Å². The van der Waals surface area contributed by atoms with Crippen LogP contribution in [-0.4, -0.2) is 8.42 Å². The number of anilines is 1. The van der Waals surface area contributed by atoms with E-state index in [-0.39, 0.29) is 21.9 Å². The molecule has 5 heteroatoms. The normalized spacial score (nSPS) is 11.5. The zero-order chi connectivity index (χ0) is 14.0. The number of halogens is 1. The van der Waals surface area contributed by atoms with Crippen LogP contribution in [0.25, 0.3) is 0 Å². The molecule has 0 atom stereocenters. The monoisotopic (exact) mass is 279 g/mol. The lowest BCUT2D eigenvalue weighted by Crippen LogP contribution is -2.07. The molecule has 0 aliphatic rings. The van der Waals surface area contributed by atoms with Crippen LogP contribution in [0, 0.1) is 12.7 Å². The van der Waals surface area contributed by atoms with E-state index >= 15 is 0 Å². The largest absolute Gasteiger partial charge is 0.398 e. The number of nitrogen functional groups attached to an aromatic ring is 1. The van der Waals surface area contributed by atoms with Gasteiger partial charge in [0.15, 0.2) is 9.84 Å². The Morgan fingerprint density at radius 1 is 1.16 bits per heavy atom. The van der Waals surface area contributed by atoms with Crippen LogP contribution < -0.4 is 5.73 Å². The summed E-state index contributed by atoms with van der Waals surface area (Å²) in [4.78, 5) is 0.219. The summed E-state index contributed by atoms with van der Waals surface area (Å²) in [5.41, 5.74) is 7.08. The Morgan fingerprint density at radius 3 is 2.58 bits per heavy atom. The highest BCUT2D eigenvalue weighted by molar-refractivity contribution is 7.90. The number of nitrogens with two attached hydrogens (primary N) is 1. The number of rotatable bonds is 3. The first kappa shape index (κ1) is 13.5. The molecule has 3 nitrogen and oxygen atoms in total. The maximum atomic E-state index is 13.1. The van der Waals surface area contributed by atoms with Crippen LogP contribution in [0.4, 0.5) is 10.1 Å². The van der Waals surface area contributed by atoms with Gasteiger partial charge in [-0.2, -0.15) is 0 Å². The van der Waals surface area contributed by atoms with Crippen molar-refractivity contribution >= 4 is 15.5 Å². The zero-order valence-electron chi connectivity index (χ0n) is 10.4. The molecule has 100 valence electrons. The third-order valence-electron chi connectivity index (χ3n) is 2.80. The fraction of sp³-hybridized carbons (Fsp3) is 0.143. The minimum Gasteiger partial charge on any atom is -0.398 e. The first-order valence-corrected chi connectivity index (χ1v) is 7.37. The summed E-state index contributed by atoms with van der Waals surface area (Å²) in [7, 11) is -3.52. The van der Waals surface area contributed by atoms with Gasteiger partial charge in [-0.05, 0) is 48.4 Å². The van der Waals surface area contributed by atoms with Gasteiger partial charge in [0, 0.05) is 5.69 Å². The van der Waals surface area contributed by atoms with Gasteiger partial charge in [-0.15, -0.1) is 0 Å². The molecule has 2 rings (SSSR count). The van der Waals surface area contributed by atoms with Crippen LogP contribution in [-0.2, 0) is 15.6 Å². The smallest absolute Gasteiger partial charge is 0.182 e. The van der Waals surface area contributed by atoms with Crippen molar-refractivity contribution in [3.8, 4) is 0 Å². The summed E-state index contributed by atoms with van der Waals surface area (Å²) in [6, 6.07) is 10.3. The highest BCUT2D eigenvalue weighted by Gasteiger charge is 2.17. The number of hydrogen-bond acceptors (Lipinski definition) is 3. The summed E-state index contributed by atoms with van der Waals surface area (Å²) >= 11 is 0. The third-order valence-corrected chi connectivity index (χ3v) is 4.46. The number of hydrogen-bond donors (Lipinski definition) is 1. The molecule has 0 bridgehead atoms. The summed E-state index contributed by atoms with van der Waals surface area (Å²) in [6.07, 6.45) is 0. The summed E-state index contributed by atoms with van der Waals surface area (Å²) < 4.78 is 37.6. The molecule has 19 heavy (non-hydrogen) atoms. The van der Waals surface area contributed by atoms with E-state index in [0.717, 1.165) is 11.6 Å². The highest BCUT2D eigenvalue weighted by atomic mass is 32.2. The predicted octanol–water partition coefficient (Wildman–Crippen LogP) is 2.69. The lowest BCUT2D eigenvalue weighted by Gasteiger charge is -2.08. The quantitative estimate of drug-likeness (QED) is 0.879. The molecule has 0 saturated heterocycles. The van der Waals surface area contributed by atoms with Crippen LogP contribution in [0.3, 0.4) is 0 Å². The fourth-order valence-corrected chi connectivity index (χ4v) is 3.27. The molecule has 0 fully saturated rings. The lowest BCUT2D eigenvalue weighted by molar-refractivity contribution is 0.594. The molecule has 0 saturated carbocycles. The van der Waals surface area contributed by atoms with Gasteiger partial charge in [0.1, 0.15) is 5.82 Å². The van der Waals surface area contributed by atoms with E-state index in [1.54, 1.807) is 12.1 Å². The Kier molecular flexibility index (Phi) is 3.57. The Labute approximate surface area is 111 Å². The Bertz CT molecular complexity index is 711. The lowest BCUT2D eigenvalue weighted by atomic mass is 10.2. The summed E-state index contributed by atoms with van der Waals surface area (Å²) in [6.45, 7) is 1.82. The van der Waals surface area contributed by atoms with E-state index in [9.17, 15) is 12.8 Å². The molecule has 0 radical (unpaired) electrons. The van der Waals surface area contributed by atoms with Crippen molar-refractivity contribution in [3.63, 3.8) is 0 Å². The van der Waals surface area contributed by atoms with Crippen molar-refractivity contribution < 1.29 is 12.8 Å². The fourth-order valence-electron chi connectivity index (χ4n) is 1.80. The second-order valence-corrected chi connectivity index (χ2v) is 6.41. The average molecular weight is 279 g/mol. The Hall–Kier alpha value is -1.88. The van der Waals surface area contributed by atoms with Gasteiger partial charge < -0.3 is 5.73 Å². The van der Waals surface area contributed by atoms with Crippen molar-refractivity contribution in [2.45, 2.75) is 17.6 Å². The molecule has 0 aromatic heterocycles. The molecule has 0 spiro atoms. The van der Waals surface area contributed by atoms with Gasteiger partial charge in [0.05, 0.1) is 10.6 Å². The van der Waals surface area contributed by atoms with Crippen LogP contribution in [0.1, 0.15) is 11.1 Å². The second kappa shape index (κ2) is 5.01. The molecule has 0 unspecified atom stereocenters. The van der Waals surface area contributed by atoms with Crippen LogP contribution in [0.15, 0.2) is 47.4 Å². The van der Waals surface area contributed by atoms with Crippen LogP contribution in [0.5, 0.6) is 0 Å². The molecular formula is C14H14FNO2S. The van der Waals surface area contributed by atoms with E-state index < -0.39 is 15.7 Å². The van der Waals surface area contributed by atoms with Crippen molar-refractivity contribution in [3.05, 3.63) is 59.4 Å². The van der Waals surface area contributed by atoms with E-state index in [4.69, 9.17) is 5.73 Å². The maximum absolute atomic E-state index is 13.1. The van der Waals surface area contributed by atoms with Gasteiger partial charge in [0.25, 0.3) is 0 Å². The van der Waals surface area contributed by atoms with Gasteiger partial charge in [-0.1, -0.05) is 12.1 Å². The van der Waals surface area contributed by atoms with Crippen molar-refractivity contribution in [2.75, 3.05) is 5.73 Å². The van der Waals surface area contributed by atoms with E-state index in [0.29, 0.717) is 0 Å². The SMILES string of the molecule is Cc1cccc(S(=O)(=O)Cc2cc(F)ccc2N)c1. The standard InChI is InChI=1S/C14H14FNO2S/c1-10-3-2-4-13(7-10)19(17,18)9-11-8-12(15)5-6-14(11)16/h2-8H,9,16H2,1H3. The molecule has 2 N–H and O–H groups in total. The topological polar surface area (TPSA) is 60.2 Å². The Balaban J connectivity index is 2.39. The molecule has 0 aliphatic carbocycles. The van der Waals surface area contributed by atoms with Crippen molar-refractivity contribution in [2.24, 2.45) is 0 Å². The van der Waals surface area contributed by atoms with E-state index in [1.807, 2.05) is 13.0 Å². The first-order valence-electron chi connectivity index (χ1n) is 5.72. The molecule has 0 amide bonds. The highest BCUT2D eigenvalue weighted by Crippen LogP contribution is 2.21. The molecule has 2 aromatic carbocycles. The molecule has 0 aliphatic heterocycles. The van der Waals surface area contributed by atoms with E-state index in [1.165, 1.54) is 18.2 Å². The second-order valence-electron chi connectivity index (χ2n) is 4.42. The summed E-state index contributed by atoms with van der Waals surface area (Å²) in [5.74, 6) is -0.802. The van der Waals surface area contributed by atoms with Crippen LogP contribution in [0.2, 0.25) is 0 Å². The van der Waals surface area contributed by atoms with E-state index in [2.05, 4.69) is 0 Å². The number of aryl methyl sites for hydroxylation is 1. The van der Waals surface area contributed by atoms with Gasteiger partial charge in [-0.25, -0.2) is 12.8 Å².